The van der Waals surface area contributed by atoms with E-state index in [1.807, 2.05) is 40.3 Å². The number of nitrogens with zero attached hydrogens (tertiary/aromatic N) is 3. The van der Waals surface area contributed by atoms with Gasteiger partial charge in [0.1, 0.15) is 6.54 Å². The predicted molar refractivity (Wildman–Crippen MR) is 82.9 cm³/mol. The summed E-state index contributed by atoms with van der Waals surface area (Å²) in [6, 6.07) is 6.15. The largest absolute Gasteiger partial charge is 0.340 e. The SMILES string of the molecule is O=C(Cn1cccn1)N1CCSC(c2cccs2)CC1. The summed E-state index contributed by atoms with van der Waals surface area (Å²) < 4.78 is 1.69. The van der Waals surface area contributed by atoms with Crippen LogP contribution < -0.4 is 0 Å². The number of amides is 1. The minimum atomic E-state index is 0.168. The van der Waals surface area contributed by atoms with E-state index in [2.05, 4.69) is 22.6 Å². The molecule has 3 heterocycles. The van der Waals surface area contributed by atoms with Crippen molar-refractivity contribution < 1.29 is 4.79 Å². The maximum Gasteiger partial charge on any atom is 0.244 e. The molecule has 1 unspecified atom stereocenters. The van der Waals surface area contributed by atoms with Crippen LogP contribution in [0.2, 0.25) is 0 Å². The molecular weight excluding hydrogens is 290 g/mol. The molecule has 2 aromatic rings. The van der Waals surface area contributed by atoms with E-state index in [1.165, 1.54) is 4.88 Å². The molecule has 3 rings (SSSR count). The summed E-state index contributed by atoms with van der Waals surface area (Å²) in [6.07, 6.45) is 4.58. The van der Waals surface area contributed by atoms with Gasteiger partial charge in [-0.25, -0.2) is 0 Å². The van der Waals surface area contributed by atoms with Crippen molar-refractivity contribution in [3.05, 3.63) is 40.8 Å². The molecule has 2 aromatic heterocycles. The second-order valence-electron chi connectivity index (χ2n) is 4.75. The Balaban J connectivity index is 1.58. The van der Waals surface area contributed by atoms with Gasteiger partial charge in [-0.1, -0.05) is 6.07 Å². The Hall–Kier alpha value is -1.27. The average Bonchev–Trinajstić information content (AvgIpc) is 3.09. The van der Waals surface area contributed by atoms with Gasteiger partial charge in [-0.2, -0.15) is 16.9 Å². The zero-order chi connectivity index (χ0) is 13.8. The number of carbonyl (C=O) groups excluding carboxylic acids is 1. The minimum absolute atomic E-state index is 0.168. The normalized spacial score (nSPS) is 19.8. The highest BCUT2D eigenvalue weighted by Gasteiger charge is 2.22. The van der Waals surface area contributed by atoms with Crippen LogP contribution >= 0.6 is 23.1 Å². The third-order valence-electron chi connectivity index (χ3n) is 3.41. The first-order chi connectivity index (χ1) is 9.83. The average molecular weight is 307 g/mol. The number of hydrogen-bond donors (Lipinski definition) is 0. The first-order valence-electron chi connectivity index (χ1n) is 6.73. The molecule has 1 amide bonds. The smallest absolute Gasteiger partial charge is 0.244 e. The molecular formula is C14H17N3OS2. The molecule has 1 fully saturated rings. The van der Waals surface area contributed by atoms with Crippen LogP contribution in [0.4, 0.5) is 0 Å². The molecule has 0 aromatic carbocycles. The molecule has 4 nitrogen and oxygen atoms in total. The molecule has 1 saturated heterocycles. The monoisotopic (exact) mass is 307 g/mol. The van der Waals surface area contributed by atoms with Gasteiger partial charge in [0.05, 0.1) is 0 Å². The fraction of sp³-hybridized carbons (Fsp3) is 0.429. The number of thiophene rings is 1. The predicted octanol–water partition coefficient (Wildman–Crippen LogP) is 2.65. The maximum atomic E-state index is 12.3. The Kier molecular flexibility index (Phi) is 4.42. The van der Waals surface area contributed by atoms with E-state index in [1.54, 1.807) is 10.9 Å². The van der Waals surface area contributed by atoms with Crippen molar-refractivity contribution in [2.75, 3.05) is 18.8 Å². The fourth-order valence-electron chi connectivity index (χ4n) is 2.35. The van der Waals surface area contributed by atoms with Crippen molar-refractivity contribution in [3.8, 4) is 0 Å². The molecule has 0 radical (unpaired) electrons. The van der Waals surface area contributed by atoms with Gasteiger partial charge in [0.15, 0.2) is 0 Å². The summed E-state index contributed by atoms with van der Waals surface area (Å²) in [6.45, 7) is 2.03. The lowest BCUT2D eigenvalue weighted by Gasteiger charge is -2.20. The van der Waals surface area contributed by atoms with Gasteiger partial charge in [-0.15, -0.1) is 11.3 Å². The van der Waals surface area contributed by atoms with Gasteiger partial charge in [-0.05, 0) is 23.9 Å². The topological polar surface area (TPSA) is 38.1 Å². The molecule has 6 heteroatoms. The van der Waals surface area contributed by atoms with Gasteiger partial charge in [0.2, 0.25) is 5.91 Å². The Morgan fingerprint density at radius 3 is 3.10 bits per heavy atom. The molecule has 1 aliphatic heterocycles. The summed E-state index contributed by atoms with van der Waals surface area (Å²) in [5.74, 6) is 1.18. The van der Waals surface area contributed by atoms with Crippen LogP contribution in [-0.4, -0.2) is 39.4 Å². The van der Waals surface area contributed by atoms with Crippen molar-refractivity contribution in [2.24, 2.45) is 0 Å². The van der Waals surface area contributed by atoms with E-state index < -0.39 is 0 Å². The Morgan fingerprint density at radius 1 is 1.40 bits per heavy atom. The zero-order valence-electron chi connectivity index (χ0n) is 11.1. The van der Waals surface area contributed by atoms with E-state index in [-0.39, 0.29) is 5.91 Å². The van der Waals surface area contributed by atoms with E-state index in [4.69, 9.17) is 0 Å². The Morgan fingerprint density at radius 2 is 2.35 bits per heavy atom. The second-order valence-corrected chi connectivity index (χ2v) is 7.04. The standard InChI is InChI=1S/C14H17N3OS2/c18-14(11-17-6-2-5-15-17)16-7-4-13(20-10-8-16)12-3-1-9-19-12/h1-3,5-6,9,13H,4,7-8,10-11H2. The summed E-state index contributed by atoms with van der Waals surface area (Å²) in [5.41, 5.74) is 0. The third kappa shape index (κ3) is 3.24. The molecule has 0 N–H and O–H groups in total. The molecule has 20 heavy (non-hydrogen) atoms. The van der Waals surface area contributed by atoms with E-state index in [9.17, 15) is 4.79 Å². The molecule has 0 spiro atoms. The lowest BCUT2D eigenvalue weighted by molar-refractivity contribution is -0.131. The number of carbonyl (C=O) groups is 1. The third-order valence-corrected chi connectivity index (χ3v) is 5.86. The number of thioether (sulfide) groups is 1. The van der Waals surface area contributed by atoms with Crippen molar-refractivity contribution >= 4 is 29.0 Å². The first kappa shape index (κ1) is 13.7. The second kappa shape index (κ2) is 6.45. The molecule has 0 aliphatic carbocycles. The Labute approximate surface area is 126 Å². The zero-order valence-corrected chi connectivity index (χ0v) is 12.8. The van der Waals surface area contributed by atoms with Crippen LogP contribution in [0.3, 0.4) is 0 Å². The first-order valence-corrected chi connectivity index (χ1v) is 8.66. The summed E-state index contributed by atoms with van der Waals surface area (Å²) in [7, 11) is 0. The lowest BCUT2D eigenvalue weighted by atomic mass is 10.2. The molecule has 106 valence electrons. The number of aromatic nitrogens is 2. The number of rotatable bonds is 3. The summed E-state index contributed by atoms with van der Waals surface area (Å²) in [5, 5.41) is 6.76. The van der Waals surface area contributed by atoms with Gasteiger partial charge >= 0.3 is 0 Å². The number of hydrogen-bond acceptors (Lipinski definition) is 4. The molecule has 0 saturated carbocycles. The fourth-order valence-corrected chi connectivity index (χ4v) is 4.59. The van der Waals surface area contributed by atoms with E-state index in [0.29, 0.717) is 11.8 Å². The van der Waals surface area contributed by atoms with E-state index in [0.717, 1.165) is 25.3 Å². The summed E-state index contributed by atoms with van der Waals surface area (Å²) in [4.78, 5) is 15.7. The molecule has 1 atom stereocenters. The van der Waals surface area contributed by atoms with E-state index >= 15 is 0 Å². The van der Waals surface area contributed by atoms with Crippen LogP contribution in [-0.2, 0) is 11.3 Å². The van der Waals surface area contributed by atoms with Gasteiger partial charge in [0, 0.05) is 41.4 Å². The highest BCUT2D eigenvalue weighted by Crippen LogP contribution is 2.36. The van der Waals surface area contributed by atoms with Crippen LogP contribution in [0.5, 0.6) is 0 Å². The van der Waals surface area contributed by atoms with Gasteiger partial charge in [-0.3, -0.25) is 9.48 Å². The van der Waals surface area contributed by atoms with Crippen LogP contribution in [0, 0.1) is 0 Å². The minimum Gasteiger partial charge on any atom is -0.340 e. The quantitative estimate of drug-likeness (QED) is 0.875. The van der Waals surface area contributed by atoms with Crippen LogP contribution in [0.25, 0.3) is 0 Å². The van der Waals surface area contributed by atoms with Crippen molar-refractivity contribution in [2.45, 2.75) is 18.2 Å². The highest BCUT2D eigenvalue weighted by atomic mass is 32.2. The summed E-state index contributed by atoms with van der Waals surface area (Å²) >= 11 is 3.78. The van der Waals surface area contributed by atoms with Crippen molar-refractivity contribution in [3.63, 3.8) is 0 Å². The van der Waals surface area contributed by atoms with Crippen LogP contribution in [0.1, 0.15) is 16.5 Å². The van der Waals surface area contributed by atoms with Crippen LogP contribution in [0.15, 0.2) is 36.0 Å². The Bertz CT molecular complexity index is 539. The van der Waals surface area contributed by atoms with Gasteiger partial charge < -0.3 is 4.90 Å². The lowest BCUT2D eigenvalue weighted by Crippen LogP contribution is -2.35. The highest BCUT2D eigenvalue weighted by molar-refractivity contribution is 7.99. The molecule has 0 bridgehead atoms. The van der Waals surface area contributed by atoms with Gasteiger partial charge in [0.25, 0.3) is 0 Å². The molecule has 1 aliphatic rings. The van der Waals surface area contributed by atoms with Crippen molar-refractivity contribution in [1.29, 1.82) is 0 Å². The van der Waals surface area contributed by atoms with Crippen molar-refractivity contribution in [1.82, 2.24) is 14.7 Å². The maximum absolute atomic E-state index is 12.3.